The Morgan fingerprint density at radius 1 is 1.00 bits per heavy atom. The van der Waals surface area contributed by atoms with E-state index in [1.807, 2.05) is 34.1 Å². The van der Waals surface area contributed by atoms with Gasteiger partial charge in [0.15, 0.2) is 0 Å². The molecule has 1 aliphatic heterocycles. The first-order chi connectivity index (χ1) is 16.5. The number of anilines is 1. The molecule has 3 unspecified atom stereocenters. The van der Waals surface area contributed by atoms with Crippen LogP contribution < -0.4 is 9.64 Å². The van der Waals surface area contributed by atoms with Gasteiger partial charge < -0.3 is 19.6 Å². The van der Waals surface area contributed by atoms with Crippen LogP contribution >= 0.6 is 0 Å². The lowest BCUT2D eigenvalue weighted by molar-refractivity contribution is -0.142. The van der Waals surface area contributed by atoms with Gasteiger partial charge >= 0.3 is 5.97 Å². The third-order valence-electron chi connectivity index (χ3n) is 7.42. The molecule has 7 heteroatoms. The molecule has 34 heavy (non-hydrogen) atoms. The van der Waals surface area contributed by atoms with Crippen molar-refractivity contribution in [3.05, 3.63) is 59.7 Å². The summed E-state index contributed by atoms with van der Waals surface area (Å²) in [6.07, 6.45) is 4.56. The summed E-state index contributed by atoms with van der Waals surface area (Å²) in [6, 6.07) is 15.1. The van der Waals surface area contributed by atoms with Crippen LogP contribution in [-0.2, 0) is 9.59 Å². The first-order valence-electron chi connectivity index (χ1n) is 12.1. The van der Waals surface area contributed by atoms with E-state index >= 15 is 0 Å². The minimum Gasteiger partial charge on any atom is -0.497 e. The zero-order chi connectivity index (χ0) is 23.8. The Balaban J connectivity index is 1.54. The molecule has 3 aliphatic rings. The van der Waals surface area contributed by atoms with Gasteiger partial charge in [0, 0.05) is 35.7 Å². The Morgan fingerprint density at radius 2 is 1.74 bits per heavy atom. The molecule has 1 heterocycles. The third-order valence-corrected chi connectivity index (χ3v) is 7.42. The summed E-state index contributed by atoms with van der Waals surface area (Å²) in [7, 11) is 1.60. The Bertz CT molecular complexity index is 1090. The molecule has 2 fully saturated rings. The molecule has 3 atom stereocenters. The second-order valence-electron chi connectivity index (χ2n) is 9.50. The predicted molar refractivity (Wildman–Crippen MR) is 127 cm³/mol. The zero-order valence-electron chi connectivity index (χ0n) is 19.4. The van der Waals surface area contributed by atoms with Crippen LogP contribution in [0.1, 0.15) is 66.9 Å². The van der Waals surface area contributed by atoms with Gasteiger partial charge in [0.1, 0.15) is 5.75 Å². The number of aliphatic carboxylic acids is 1. The second-order valence-corrected chi connectivity index (χ2v) is 9.50. The number of hydrogen-bond donors (Lipinski definition) is 1. The molecule has 178 valence electrons. The molecule has 1 N–H and O–H groups in total. The third kappa shape index (κ3) is 4.04. The fourth-order valence-electron chi connectivity index (χ4n) is 5.79. The molecular weight excluding hydrogens is 432 g/mol. The smallest absolute Gasteiger partial charge is 0.303 e. The fraction of sp³-hybridized carbons (Fsp3) is 0.444. The Morgan fingerprint density at radius 3 is 2.41 bits per heavy atom. The van der Waals surface area contributed by atoms with Crippen molar-refractivity contribution in [1.29, 1.82) is 0 Å². The average molecular weight is 463 g/mol. The van der Waals surface area contributed by atoms with Crippen LogP contribution in [0, 0.1) is 5.92 Å². The van der Waals surface area contributed by atoms with Crippen molar-refractivity contribution in [3.63, 3.8) is 0 Å². The van der Waals surface area contributed by atoms with Crippen LogP contribution in [0.3, 0.4) is 0 Å². The van der Waals surface area contributed by atoms with Gasteiger partial charge in [0.2, 0.25) is 5.91 Å². The molecule has 2 amide bonds. The predicted octanol–water partition coefficient (Wildman–Crippen LogP) is 4.42. The lowest BCUT2D eigenvalue weighted by Crippen LogP contribution is -2.52. The van der Waals surface area contributed by atoms with Crippen molar-refractivity contribution in [2.75, 3.05) is 12.0 Å². The number of carboxylic acid groups (broad SMARTS) is 1. The number of benzene rings is 2. The number of carbonyl (C=O) groups excluding carboxylic acids is 2. The largest absolute Gasteiger partial charge is 0.497 e. The average Bonchev–Trinajstić information content (AvgIpc) is 3.57. The Labute approximate surface area is 199 Å². The number of fused-ring (bicyclic) bond motifs is 2. The van der Waals surface area contributed by atoms with E-state index in [1.54, 1.807) is 31.4 Å². The number of carboxylic acids is 1. The highest BCUT2D eigenvalue weighted by molar-refractivity contribution is 6.07. The zero-order valence-corrected chi connectivity index (χ0v) is 19.4. The lowest BCUT2D eigenvalue weighted by atomic mass is 9.81. The number of ether oxygens (including phenoxy) is 1. The number of amides is 2. The fourth-order valence-corrected chi connectivity index (χ4v) is 5.79. The van der Waals surface area contributed by atoms with E-state index in [2.05, 4.69) is 0 Å². The summed E-state index contributed by atoms with van der Waals surface area (Å²) in [5.74, 6) is -0.255. The molecule has 2 aliphatic carbocycles. The summed E-state index contributed by atoms with van der Waals surface area (Å²) in [4.78, 5) is 42.1. The molecule has 2 saturated carbocycles. The molecule has 0 saturated heterocycles. The van der Waals surface area contributed by atoms with Crippen LogP contribution in [0.5, 0.6) is 5.75 Å². The Kier molecular flexibility index (Phi) is 6.02. The second kappa shape index (κ2) is 9.12. The minimum atomic E-state index is -0.955. The van der Waals surface area contributed by atoms with E-state index in [4.69, 9.17) is 9.84 Å². The molecule has 0 bridgehead atoms. The highest BCUT2D eigenvalue weighted by atomic mass is 16.5. The standard InChI is InChI=1S/C27H30N2O5/c1-34-19-13-9-17(10-14-19)27(33)29-22-7-3-2-5-20(22)26(21-6-4-8-23(21)29)28(18-11-12-18)24(30)15-16-25(31)32/h2-3,5,7,9-10,13-14,18,21,23,26H,4,6,8,11-12,15-16H2,1H3,(H,31,32). The van der Waals surface area contributed by atoms with Crippen molar-refractivity contribution in [3.8, 4) is 5.75 Å². The van der Waals surface area contributed by atoms with E-state index in [0.717, 1.165) is 43.4 Å². The van der Waals surface area contributed by atoms with Crippen molar-refractivity contribution in [1.82, 2.24) is 4.90 Å². The molecule has 0 radical (unpaired) electrons. The summed E-state index contributed by atoms with van der Waals surface area (Å²) in [6.45, 7) is 0. The highest BCUT2D eigenvalue weighted by Crippen LogP contribution is 2.52. The maximum Gasteiger partial charge on any atom is 0.303 e. The van der Waals surface area contributed by atoms with E-state index in [9.17, 15) is 14.4 Å². The minimum absolute atomic E-state index is 0.00280. The monoisotopic (exact) mass is 462 g/mol. The molecule has 2 aromatic carbocycles. The Hall–Kier alpha value is -3.35. The van der Waals surface area contributed by atoms with Crippen LogP contribution in [0.2, 0.25) is 0 Å². The maximum atomic E-state index is 13.8. The molecular formula is C27H30N2O5. The van der Waals surface area contributed by atoms with Crippen LogP contribution in [0.4, 0.5) is 5.69 Å². The maximum absolute atomic E-state index is 13.8. The van der Waals surface area contributed by atoms with Crippen LogP contribution in [0.25, 0.3) is 0 Å². The molecule has 7 nitrogen and oxygen atoms in total. The van der Waals surface area contributed by atoms with E-state index in [-0.39, 0.29) is 48.7 Å². The van der Waals surface area contributed by atoms with Crippen molar-refractivity contribution in [2.45, 2.75) is 63.1 Å². The van der Waals surface area contributed by atoms with E-state index in [1.165, 1.54) is 0 Å². The highest BCUT2D eigenvalue weighted by Gasteiger charge is 2.51. The molecule has 2 aromatic rings. The first-order valence-corrected chi connectivity index (χ1v) is 12.1. The number of methoxy groups -OCH3 is 1. The van der Waals surface area contributed by atoms with Gasteiger partial charge in [-0.05, 0) is 61.6 Å². The van der Waals surface area contributed by atoms with E-state index in [0.29, 0.717) is 11.3 Å². The first kappa shape index (κ1) is 22.4. The SMILES string of the molecule is COc1ccc(C(=O)N2c3ccccc3C(N(C(=O)CCC(=O)O)C3CC3)C3CCCC32)cc1. The van der Waals surface area contributed by atoms with Gasteiger partial charge in [-0.25, -0.2) is 0 Å². The molecule has 0 spiro atoms. The van der Waals surface area contributed by atoms with Gasteiger partial charge in [-0.15, -0.1) is 0 Å². The van der Waals surface area contributed by atoms with Crippen molar-refractivity contribution in [2.24, 2.45) is 5.92 Å². The summed E-state index contributed by atoms with van der Waals surface area (Å²) < 4.78 is 5.25. The van der Waals surface area contributed by atoms with Crippen molar-refractivity contribution < 1.29 is 24.2 Å². The van der Waals surface area contributed by atoms with Crippen LogP contribution in [-0.4, -0.2) is 47.0 Å². The van der Waals surface area contributed by atoms with Gasteiger partial charge in [-0.3, -0.25) is 14.4 Å². The van der Waals surface area contributed by atoms with Gasteiger partial charge in [0.05, 0.1) is 19.6 Å². The summed E-state index contributed by atoms with van der Waals surface area (Å²) in [5, 5.41) is 9.13. The lowest BCUT2D eigenvalue weighted by Gasteiger charge is -2.48. The normalized spacial score (nSPS) is 23.1. The van der Waals surface area contributed by atoms with Gasteiger partial charge in [0.25, 0.3) is 5.91 Å². The van der Waals surface area contributed by atoms with Crippen molar-refractivity contribution >= 4 is 23.5 Å². The van der Waals surface area contributed by atoms with Crippen LogP contribution in [0.15, 0.2) is 48.5 Å². The number of para-hydroxylation sites is 1. The van der Waals surface area contributed by atoms with Gasteiger partial charge in [-0.2, -0.15) is 0 Å². The topological polar surface area (TPSA) is 87.2 Å². The molecule has 0 aromatic heterocycles. The summed E-state index contributed by atoms with van der Waals surface area (Å²) >= 11 is 0. The summed E-state index contributed by atoms with van der Waals surface area (Å²) in [5.41, 5.74) is 2.45. The number of carbonyl (C=O) groups is 3. The number of hydrogen-bond acceptors (Lipinski definition) is 4. The quantitative estimate of drug-likeness (QED) is 0.658. The number of rotatable bonds is 7. The van der Waals surface area contributed by atoms with E-state index < -0.39 is 5.97 Å². The molecule has 5 rings (SSSR count). The van der Waals surface area contributed by atoms with Gasteiger partial charge in [-0.1, -0.05) is 24.6 Å². The number of nitrogens with zero attached hydrogens (tertiary/aromatic N) is 2.